The fourth-order valence-electron chi connectivity index (χ4n) is 2.12. The Bertz CT molecular complexity index is 751. The third kappa shape index (κ3) is 4.82. The third-order valence-corrected chi connectivity index (χ3v) is 3.53. The number of nitrogens with one attached hydrogen (secondary N) is 1. The van der Waals surface area contributed by atoms with E-state index in [9.17, 15) is 22.8 Å². The van der Waals surface area contributed by atoms with Crippen LogP contribution in [0.15, 0.2) is 48.5 Å². The topological polar surface area (TPSA) is 49.4 Å². The Balaban J connectivity index is 1.97. The van der Waals surface area contributed by atoms with Gasteiger partial charge in [-0.2, -0.15) is 13.2 Å². The Kier molecular flexibility index (Phi) is 5.46. The van der Waals surface area contributed by atoms with Crippen LogP contribution in [0.1, 0.15) is 31.8 Å². The third-order valence-electron chi connectivity index (χ3n) is 3.53. The van der Waals surface area contributed by atoms with Gasteiger partial charge in [-0.3, -0.25) is 9.59 Å². The molecule has 0 saturated heterocycles. The highest BCUT2D eigenvalue weighted by Gasteiger charge is 2.30. The standard InChI is InChI=1S/C18H17F3N2O2/c1-23(2)17(25)14-5-3-12(4-6-14)11-22-16(24)13-7-9-15(10-8-13)18(19,20)21/h3-10H,11H2,1-2H3,(H,22,24). The summed E-state index contributed by atoms with van der Waals surface area (Å²) in [6, 6.07) is 10.7. The molecule has 0 aliphatic rings. The maximum Gasteiger partial charge on any atom is 0.416 e. The van der Waals surface area contributed by atoms with E-state index in [0.29, 0.717) is 5.56 Å². The van der Waals surface area contributed by atoms with Gasteiger partial charge < -0.3 is 10.2 Å². The smallest absolute Gasteiger partial charge is 0.348 e. The average Bonchev–Trinajstić information content (AvgIpc) is 2.58. The van der Waals surface area contributed by atoms with Crippen molar-refractivity contribution in [3.8, 4) is 0 Å². The van der Waals surface area contributed by atoms with Crippen molar-refractivity contribution in [2.24, 2.45) is 0 Å². The molecule has 2 rings (SSSR count). The predicted octanol–water partition coefficient (Wildman–Crippen LogP) is 3.34. The van der Waals surface area contributed by atoms with Crippen molar-refractivity contribution in [1.82, 2.24) is 10.2 Å². The zero-order valence-electron chi connectivity index (χ0n) is 13.7. The molecule has 0 bridgehead atoms. The first kappa shape index (κ1) is 18.5. The number of carbonyl (C=O) groups is 2. The molecule has 0 aliphatic carbocycles. The summed E-state index contributed by atoms with van der Waals surface area (Å²) in [6.45, 7) is 0.205. The van der Waals surface area contributed by atoms with Crippen molar-refractivity contribution in [1.29, 1.82) is 0 Å². The zero-order chi connectivity index (χ0) is 18.6. The van der Waals surface area contributed by atoms with Gasteiger partial charge >= 0.3 is 6.18 Å². The van der Waals surface area contributed by atoms with E-state index in [0.717, 1.165) is 29.8 Å². The van der Waals surface area contributed by atoms with Crippen molar-refractivity contribution in [2.75, 3.05) is 14.1 Å². The van der Waals surface area contributed by atoms with E-state index in [4.69, 9.17) is 0 Å². The number of hydrogen-bond donors (Lipinski definition) is 1. The van der Waals surface area contributed by atoms with Gasteiger partial charge in [-0.1, -0.05) is 12.1 Å². The summed E-state index contributed by atoms with van der Waals surface area (Å²) in [5.41, 5.74) is 0.649. The molecular weight excluding hydrogens is 333 g/mol. The molecule has 0 aromatic heterocycles. The van der Waals surface area contributed by atoms with Crippen LogP contribution < -0.4 is 5.32 Å². The molecule has 0 heterocycles. The van der Waals surface area contributed by atoms with E-state index in [-0.39, 0.29) is 18.0 Å². The normalized spacial score (nSPS) is 11.1. The Hall–Kier alpha value is -2.83. The molecule has 2 aromatic carbocycles. The van der Waals surface area contributed by atoms with E-state index in [2.05, 4.69) is 5.32 Å². The first-order valence-electron chi connectivity index (χ1n) is 7.44. The highest BCUT2D eigenvalue weighted by atomic mass is 19.4. The first-order chi connectivity index (χ1) is 11.7. The van der Waals surface area contributed by atoms with Gasteiger partial charge in [-0.05, 0) is 42.0 Å². The van der Waals surface area contributed by atoms with Crippen LogP contribution in [0, 0.1) is 0 Å². The van der Waals surface area contributed by atoms with E-state index in [1.54, 1.807) is 38.4 Å². The van der Waals surface area contributed by atoms with Crippen LogP contribution in [0.5, 0.6) is 0 Å². The molecular formula is C18H17F3N2O2. The maximum absolute atomic E-state index is 12.5. The number of amides is 2. The lowest BCUT2D eigenvalue weighted by Crippen LogP contribution is -2.23. The summed E-state index contributed by atoms with van der Waals surface area (Å²) in [7, 11) is 3.31. The number of benzene rings is 2. The molecule has 7 heteroatoms. The molecule has 25 heavy (non-hydrogen) atoms. The number of nitrogens with zero attached hydrogens (tertiary/aromatic N) is 1. The molecule has 4 nitrogen and oxygen atoms in total. The summed E-state index contributed by atoms with van der Waals surface area (Å²) in [5.74, 6) is -0.595. The zero-order valence-corrected chi connectivity index (χ0v) is 13.7. The second-order valence-electron chi connectivity index (χ2n) is 5.65. The highest BCUT2D eigenvalue weighted by Crippen LogP contribution is 2.29. The van der Waals surface area contributed by atoms with Crippen molar-refractivity contribution in [3.05, 3.63) is 70.8 Å². The molecule has 1 N–H and O–H groups in total. The molecule has 0 fully saturated rings. The van der Waals surface area contributed by atoms with Crippen molar-refractivity contribution < 1.29 is 22.8 Å². The van der Waals surface area contributed by atoms with E-state index >= 15 is 0 Å². The molecule has 0 unspecified atom stereocenters. The van der Waals surface area contributed by atoms with Crippen LogP contribution in [0.2, 0.25) is 0 Å². The predicted molar refractivity (Wildman–Crippen MR) is 87.1 cm³/mol. The van der Waals surface area contributed by atoms with Gasteiger partial charge in [0.1, 0.15) is 0 Å². The van der Waals surface area contributed by atoms with E-state index in [1.807, 2.05) is 0 Å². The molecule has 0 radical (unpaired) electrons. The van der Waals surface area contributed by atoms with Crippen molar-refractivity contribution in [3.63, 3.8) is 0 Å². The van der Waals surface area contributed by atoms with Crippen LogP contribution in [0.3, 0.4) is 0 Å². The van der Waals surface area contributed by atoms with Crippen LogP contribution in [-0.2, 0) is 12.7 Å². The quantitative estimate of drug-likeness (QED) is 0.919. The molecule has 2 aromatic rings. The second kappa shape index (κ2) is 7.38. The van der Waals surface area contributed by atoms with Gasteiger partial charge in [-0.15, -0.1) is 0 Å². The summed E-state index contributed by atoms with van der Waals surface area (Å²) in [4.78, 5) is 25.2. The minimum atomic E-state index is -4.43. The van der Waals surface area contributed by atoms with Gasteiger partial charge in [0.15, 0.2) is 0 Å². The lowest BCUT2D eigenvalue weighted by atomic mass is 10.1. The Labute approximate surface area is 143 Å². The lowest BCUT2D eigenvalue weighted by molar-refractivity contribution is -0.137. The fourth-order valence-corrected chi connectivity index (χ4v) is 2.12. The summed E-state index contributed by atoms with van der Waals surface area (Å²) in [5, 5.41) is 2.63. The second-order valence-corrected chi connectivity index (χ2v) is 5.65. The number of rotatable bonds is 4. The Morgan fingerprint density at radius 1 is 0.920 bits per heavy atom. The minimum Gasteiger partial charge on any atom is -0.348 e. The van der Waals surface area contributed by atoms with Crippen LogP contribution in [-0.4, -0.2) is 30.8 Å². The summed E-state index contributed by atoms with van der Waals surface area (Å²) >= 11 is 0. The Morgan fingerprint density at radius 3 is 1.92 bits per heavy atom. The molecule has 0 spiro atoms. The average molecular weight is 350 g/mol. The summed E-state index contributed by atoms with van der Waals surface area (Å²) < 4.78 is 37.5. The first-order valence-corrected chi connectivity index (χ1v) is 7.44. The van der Waals surface area contributed by atoms with Crippen LogP contribution in [0.4, 0.5) is 13.2 Å². The number of hydrogen-bond acceptors (Lipinski definition) is 2. The van der Waals surface area contributed by atoms with Gasteiger partial charge in [0.05, 0.1) is 5.56 Å². The molecule has 0 saturated carbocycles. The number of alkyl halides is 3. The van der Waals surface area contributed by atoms with Crippen LogP contribution in [0.25, 0.3) is 0 Å². The lowest BCUT2D eigenvalue weighted by Gasteiger charge is -2.11. The van der Waals surface area contributed by atoms with Gasteiger partial charge in [0, 0.05) is 31.8 Å². The SMILES string of the molecule is CN(C)C(=O)c1ccc(CNC(=O)c2ccc(C(F)(F)F)cc2)cc1. The molecule has 132 valence electrons. The largest absolute Gasteiger partial charge is 0.416 e. The number of carbonyl (C=O) groups excluding carboxylic acids is 2. The molecule has 2 amide bonds. The van der Waals surface area contributed by atoms with Gasteiger partial charge in [0.2, 0.25) is 0 Å². The minimum absolute atomic E-state index is 0.125. The summed E-state index contributed by atoms with van der Waals surface area (Å²) in [6.07, 6.45) is -4.43. The molecule has 0 aliphatic heterocycles. The van der Waals surface area contributed by atoms with Gasteiger partial charge in [0.25, 0.3) is 11.8 Å². The maximum atomic E-state index is 12.5. The monoisotopic (exact) mass is 350 g/mol. The van der Waals surface area contributed by atoms with E-state index < -0.39 is 17.6 Å². The Morgan fingerprint density at radius 2 is 1.44 bits per heavy atom. The van der Waals surface area contributed by atoms with Crippen molar-refractivity contribution >= 4 is 11.8 Å². The van der Waals surface area contributed by atoms with Crippen molar-refractivity contribution in [2.45, 2.75) is 12.7 Å². The van der Waals surface area contributed by atoms with E-state index in [1.165, 1.54) is 4.90 Å². The fraction of sp³-hybridized carbons (Fsp3) is 0.222. The number of halogens is 3. The van der Waals surface area contributed by atoms with Crippen LogP contribution >= 0.6 is 0 Å². The van der Waals surface area contributed by atoms with Gasteiger partial charge in [-0.25, -0.2) is 0 Å². The highest BCUT2D eigenvalue weighted by molar-refractivity contribution is 5.94. The molecule has 0 atom stereocenters.